The van der Waals surface area contributed by atoms with Crippen LogP contribution in [0.25, 0.3) is 22.6 Å². The summed E-state index contributed by atoms with van der Waals surface area (Å²) in [6.07, 6.45) is 1.71. The lowest BCUT2D eigenvalue weighted by atomic mass is 10.2. The van der Waals surface area contributed by atoms with E-state index in [0.29, 0.717) is 39.1 Å². The summed E-state index contributed by atoms with van der Waals surface area (Å²) in [5.41, 5.74) is 0.728. The summed E-state index contributed by atoms with van der Waals surface area (Å²) in [6.45, 7) is 4.21. The van der Waals surface area contributed by atoms with Crippen molar-refractivity contribution in [3.05, 3.63) is 65.4 Å². The average Bonchev–Trinajstić information content (AvgIpc) is 3.38. The first kappa shape index (κ1) is 22.1. The molecule has 0 aliphatic carbocycles. The number of furan rings is 1. The Morgan fingerprint density at radius 2 is 2.19 bits per heavy atom. The molecule has 0 bridgehead atoms. The van der Waals surface area contributed by atoms with Crippen LogP contribution in [0.4, 0.5) is 10.1 Å². The standard InChI is InChI=1S/C22H18BrFN4O3S/c1-3-9-28-21(18-10-13-5-4-6-17(30-2)20(13)31-18)26-27-22(28)32-12-19(29)25-16-8-7-14(23)11-15(16)24/h3-8,10-11H,1,9,12H2,2H3,(H,25,29). The minimum absolute atomic E-state index is 0.0265. The van der Waals surface area contributed by atoms with E-state index < -0.39 is 5.82 Å². The van der Waals surface area contributed by atoms with E-state index in [1.54, 1.807) is 23.8 Å². The summed E-state index contributed by atoms with van der Waals surface area (Å²) in [6, 6.07) is 11.9. The number of carbonyl (C=O) groups is 1. The molecule has 164 valence electrons. The highest BCUT2D eigenvalue weighted by atomic mass is 79.9. The first-order chi connectivity index (χ1) is 15.5. The maximum Gasteiger partial charge on any atom is 0.234 e. The van der Waals surface area contributed by atoms with E-state index in [2.05, 4.69) is 38.0 Å². The molecule has 4 rings (SSSR count). The van der Waals surface area contributed by atoms with Crippen LogP contribution in [0.5, 0.6) is 5.75 Å². The second-order valence-electron chi connectivity index (χ2n) is 6.66. The van der Waals surface area contributed by atoms with Crippen LogP contribution in [-0.4, -0.2) is 33.5 Å². The molecule has 32 heavy (non-hydrogen) atoms. The second kappa shape index (κ2) is 9.58. The molecule has 0 fully saturated rings. The molecule has 7 nitrogen and oxygen atoms in total. The average molecular weight is 517 g/mol. The van der Waals surface area contributed by atoms with Gasteiger partial charge < -0.3 is 14.5 Å². The molecule has 2 heterocycles. The molecule has 0 saturated heterocycles. The van der Waals surface area contributed by atoms with E-state index in [-0.39, 0.29) is 17.3 Å². The number of benzene rings is 2. The Balaban J connectivity index is 1.54. The molecule has 0 aliphatic rings. The summed E-state index contributed by atoms with van der Waals surface area (Å²) in [4.78, 5) is 12.3. The van der Waals surface area contributed by atoms with Crippen molar-refractivity contribution in [2.45, 2.75) is 11.7 Å². The van der Waals surface area contributed by atoms with Gasteiger partial charge in [0.05, 0.1) is 18.6 Å². The van der Waals surface area contributed by atoms with Crippen LogP contribution >= 0.6 is 27.7 Å². The molecule has 0 aliphatic heterocycles. The second-order valence-corrected chi connectivity index (χ2v) is 8.51. The lowest BCUT2D eigenvalue weighted by molar-refractivity contribution is -0.113. The summed E-state index contributed by atoms with van der Waals surface area (Å²) < 4.78 is 27.7. The quantitative estimate of drug-likeness (QED) is 0.245. The van der Waals surface area contributed by atoms with Crippen LogP contribution in [0.3, 0.4) is 0 Å². The summed E-state index contributed by atoms with van der Waals surface area (Å²) in [5.74, 6) is 0.792. The van der Waals surface area contributed by atoms with Crippen LogP contribution in [-0.2, 0) is 11.3 Å². The van der Waals surface area contributed by atoms with Gasteiger partial charge in [-0.3, -0.25) is 9.36 Å². The van der Waals surface area contributed by atoms with Gasteiger partial charge in [-0.1, -0.05) is 45.9 Å². The zero-order chi connectivity index (χ0) is 22.7. The Hall–Kier alpha value is -3.11. The van der Waals surface area contributed by atoms with Gasteiger partial charge in [0.25, 0.3) is 0 Å². The van der Waals surface area contributed by atoms with Gasteiger partial charge in [-0.2, -0.15) is 0 Å². The van der Waals surface area contributed by atoms with Crippen molar-refractivity contribution in [1.82, 2.24) is 14.8 Å². The molecule has 1 N–H and O–H groups in total. The number of carbonyl (C=O) groups excluding carboxylic acids is 1. The number of aromatic nitrogens is 3. The maximum absolute atomic E-state index is 14.0. The van der Waals surface area contributed by atoms with Gasteiger partial charge in [-0.25, -0.2) is 4.39 Å². The van der Waals surface area contributed by atoms with E-state index in [9.17, 15) is 9.18 Å². The third-order valence-corrected chi connectivity index (χ3v) is 5.97. The normalized spacial score (nSPS) is 11.0. The first-order valence-electron chi connectivity index (χ1n) is 9.49. The molecule has 0 radical (unpaired) electrons. The monoisotopic (exact) mass is 516 g/mol. The minimum atomic E-state index is -0.518. The molecule has 2 aromatic carbocycles. The Kier molecular flexibility index (Phi) is 6.61. The number of hydrogen-bond acceptors (Lipinski definition) is 6. The highest BCUT2D eigenvalue weighted by Crippen LogP contribution is 2.34. The number of methoxy groups -OCH3 is 1. The van der Waals surface area contributed by atoms with Crippen LogP contribution in [0.15, 0.2) is 69.2 Å². The van der Waals surface area contributed by atoms with E-state index in [0.717, 1.165) is 5.39 Å². The van der Waals surface area contributed by atoms with E-state index in [1.807, 2.05) is 24.3 Å². The summed E-state index contributed by atoms with van der Waals surface area (Å²) >= 11 is 4.37. The van der Waals surface area contributed by atoms with Gasteiger partial charge in [0.2, 0.25) is 11.7 Å². The lowest BCUT2D eigenvalue weighted by Crippen LogP contribution is -2.15. The molecule has 0 unspecified atom stereocenters. The fourth-order valence-electron chi connectivity index (χ4n) is 3.09. The number of anilines is 1. The Bertz CT molecular complexity index is 1300. The number of ether oxygens (including phenoxy) is 1. The topological polar surface area (TPSA) is 82.2 Å². The number of amides is 1. The van der Waals surface area contributed by atoms with E-state index >= 15 is 0 Å². The van der Waals surface area contributed by atoms with Crippen molar-refractivity contribution in [2.24, 2.45) is 0 Å². The highest BCUT2D eigenvalue weighted by Gasteiger charge is 2.19. The number of para-hydroxylation sites is 1. The van der Waals surface area contributed by atoms with Crippen molar-refractivity contribution in [3.8, 4) is 17.3 Å². The van der Waals surface area contributed by atoms with Gasteiger partial charge >= 0.3 is 0 Å². The van der Waals surface area contributed by atoms with Crippen molar-refractivity contribution >= 4 is 50.3 Å². The third-order valence-electron chi connectivity index (χ3n) is 4.51. The van der Waals surface area contributed by atoms with Gasteiger partial charge in [0, 0.05) is 16.4 Å². The Morgan fingerprint density at radius 3 is 2.94 bits per heavy atom. The molecule has 2 aromatic heterocycles. The number of nitrogens with zero attached hydrogens (tertiary/aromatic N) is 3. The largest absolute Gasteiger partial charge is 0.493 e. The summed E-state index contributed by atoms with van der Waals surface area (Å²) in [5, 5.41) is 12.4. The first-order valence-corrected chi connectivity index (χ1v) is 11.3. The van der Waals surface area contributed by atoms with Gasteiger partial charge in [-0.15, -0.1) is 16.8 Å². The smallest absolute Gasteiger partial charge is 0.234 e. The van der Waals surface area contributed by atoms with Crippen LogP contribution < -0.4 is 10.1 Å². The van der Waals surface area contributed by atoms with Crippen LogP contribution in [0.2, 0.25) is 0 Å². The number of rotatable bonds is 8. The summed E-state index contributed by atoms with van der Waals surface area (Å²) in [7, 11) is 1.58. The fourth-order valence-corrected chi connectivity index (χ4v) is 4.17. The predicted molar refractivity (Wildman–Crippen MR) is 125 cm³/mol. The molecule has 10 heteroatoms. The minimum Gasteiger partial charge on any atom is -0.493 e. The zero-order valence-corrected chi connectivity index (χ0v) is 19.4. The van der Waals surface area contributed by atoms with Gasteiger partial charge in [0.1, 0.15) is 5.82 Å². The lowest BCUT2D eigenvalue weighted by Gasteiger charge is -2.08. The zero-order valence-electron chi connectivity index (χ0n) is 17.0. The third kappa shape index (κ3) is 4.56. The molecular weight excluding hydrogens is 499 g/mol. The molecule has 1 amide bonds. The number of hydrogen-bond donors (Lipinski definition) is 1. The van der Waals surface area contributed by atoms with Gasteiger partial charge in [-0.05, 0) is 30.3 Å². The van der Waals surface area contributed by atoms with E-state index in [4.69, 9.17) is 9.15 Å². The van der Waals surface area contributed by atoms with Gasteiger partial charge in [0.15, 0.2) is 22.2 Å². The number of nitrogens with one attached hydrogen (secondary N) is 1. The SMILES string of the molecule is C=CCn1c(SCC(=O)Nc2ccc(Br)cc2F)nnc1-c1cc2cccc(OC)c2o1. The highest BCUT2D eigenvalue weighted by molar-refractivity contribution is 9.10. The number of halogens is 2. The fraction of sp³-hybridized carbons (Fsp3) is 0.136. The Labute approximate surface area is 195 Å². The molecule has 0 saturated carbocycles. The van der Waals surface area contributed by atoms with Crippen LogP contribution in [0.1, 0.15) is 0 Å². The molecular formula is C22H18BrFN4O3S. The molecule has 4 aromatic rings. The number of allylic oxidation sites excluding steroid dienone is 1. The van der Waals surface area contributed by atoms with Crippen molar-refractivity contribution in [1.29, 1.82) is 0 Å². The molecule has 0 atom stereocenters. The predicted octanol–water partition coefficient (Wildman–Crippen LogP) is 5.52. The maximum atomic E-state index is 14.0. The van der Waals surface area contributed by atoms with Crippen molar-refractivity contribution < 1.29 is 18.3 Å². The van der Waals surface area contributed by atoms with Crippen LogP contribution in [0, 0.1) is 5.82 Å². The van der Waals surface area contributed by atoms with Crippen molar-refractivity contribution in [3.63, 3.8) is 0 Å². The van der Waals surface area contributed by atoms with E-state index in [1.165, 1.54) is 23.9 Å². The number of fused-ring (bicyclic) bond motifs is 1. The number of thioether (sulfide) groups is 1. The van der Waals surface area contributed by atoms with Crippen molar-refractivity contribution in [2.75, 3.05) is 18.2 Å². The Morgan fingerprint density at radius 1 is 1.34 bits per heavy atom. The molecule has 0 spiro atoms.